The average molecular weight is 406 g/mol. The smallest absolute Gasteiger partial charge is 0.117 e. The zero-order chi connectivity index (χ0) is 19.8. The lowest BCUT2D eigenvalue weighted by molar-refractivity contribution is -0.0442. The van der Waals surface area contributed by atoms with Crippen LogP contribution in [0.5, 0.6) is 0 Å². The summed E-state index contributed by atoms with van der Waals surface area (Å²) in [4.78, 5) is 0. The number of fused-ring (bicyclic) bond motifs is 1. The highest BCUT2D eigenvalue weighted by molar-refractivity contribution is 6.35. The first-order valence-corrected chi connectivity index (χ1v) is 10.0. The second-order valence-electron chi connectivity index (χ2n) is 7.69. The summed E-state index contributed by atoms with van der Waals surface area (Å²) in [6, 6.07) is 4.02. The zero-order valence-electron chi connectivity index (χ0n) is 16.1. The van der Waals surface area contributed by atoms with Crippen LogP contribution in [0.25, 0.3) is 10.9 Å². The lowest BCUT2D eigenvalue weighted by Crippen LogP contribution is -2.23. The Balaban J connectivity index is 1.73. The minimum absolute atomic E-state index is 0.183. The number of ether oxygens (including phenoxy) is 2. The molecule has 4 nitrogen and oxygen atoms in total. The third kappa shape index (κ3) is 3.71. The molecule has 28 heavy (non-hydrogen) atoms. The quantitative estimate of drug-likeness (QED) is 0.758. The highest BCUT2D eigenvalue weighted by atomic mass is 35.5. The second kappa shape index (κ2) is 7.90. The Morgan fingerprint density at radius 2 is 2.21 bits per heavy atom. The van der Waals surface area contributed by atoms with Crippen molar-refractivity contribution in [3.8, 4) is 0 Å². The van der Waals surface area contributed by atoms with Crippen molar-refractivity contribution in [3.05, 3.63) is 58.2 Å². The third-order valence-corrected chi connectivity index (χ3v) is 5.92. The number of rotatable bonds is 4. The van der Waals surface area contributed by atoms with Gasteiger partial charge in [0.15, 0.2) is 0 Å². The molecule has 1 N–H and O–H groups in total. The summed E-state index contributed by atoms with van der Waals surface area (Å²) in [5, 5.41) is 11.7. The molecule has 150 valence electrons. The fourth-order valence-electron chi connectivity index (χ4n) is 4.17. The average Bonchev–Trinajstić information content (AvgIpc) is 3.02. The van der Waals surface area contributed by atoms with E-state index in [1.807, 2.05) is 29.8 Å². The van der Waals surface area contributed by atoms with Gasteiger partial charge in [-0.25, -0.2) is 4.39 Å². The number of methoxy groups -OCH3 is 1. The molecular formula is C22H25ClFNO3. The molecule has 1 unspecified atom stereocenters. The summed E-state index contributed by atoms with van der Waals surface area (Å²) < 4.78 is 27.7. The molecule has 0 radical (unpaired) electrons. The second-order valence-corrected chi connectivity index (χ2v) is 8.10. The van der Waals surface area contributed by atoms with E-state index < -0.39 is 0 Å². The number of hydrogen-bond acceptors (Lipinski definition) is 3. The maximum atomic E-state index is 14.6. The minimum Gasteiger partial charge on any atom is -0.497 e. The van der Waals surface area contributed by atoms with E-state index in [1.54, 1.807) is 7.11 Å². The Bertz CT molecular complexity index is 949. The van der Waals surface area contributed by atoms with Crippen LogP contribution in [0.1, 0.15) is 36.5 Å². The van der Waals surface area contributed by atoms with Crippen LogP contribution in [-0.2, 0) is 16.0 Å². The summed E-state index contributed by atoms with van der Waals surface area (Å²) in [7, 11) is 1.54. The number of aryl methyl sites for hydroxylation is 1. The number of allylic oxidation sites excluding steroid dienone is 3. The van der Waals surface area contributed by atoms with E-state index >= 15 is 0 Å². The molecule has 6 heteroatoms. The molecule has 2 heterocycles. The molecule has 2 aliphatic rings. The van der Waals surface area contributed by atoms with Gasteiger partial charge in [0.05, 0.1) is 29.9 Å². The van der Waals surface area contributed by atoms with E-state index in [2.05, 4.69) is 6.07 Å². The van der Waals surface area contributed by atoms with Crippen LogP contribution in [0.2, 0.25) is 5.02 Å². The van der Waals surface area contributed by atoms with Gasteiger partial charge in [-0.05, 0) is 43.5 Å². The first-order chi connectivity index (χ1) is 13.5. The molecule has 0 amide bonds. The first kappa shape index (κ1) is 19.5. The van der Waals surface area contributed by atoms with Gasteiger partial charge in [-0.15, -0.1) is 0 Å². The highest BCUT2D eigenvalue weighted by Crippen LogP contribution is 2.39. The highest BCUT2D eigenvalue weighted by Gasteiger charge is 2.28. The van der Waals surface area contributed by atoms with Gasteiger partial charge in [0, 0.05) is 48.7 Å². The predicted molar refractivity (Wildman–Crippen MR) is 108 cm³/mol. The number of aliphatic hydroxyl groups is 1. The zero-order valence-corrected chi connectivity index (χ0v) is 16.9. The Kier molecular flexibility index (Phi) is 5.50. The van der Waals surface area contributed by atoms with Gasteiger partial charge < -0.3 is 19.1 Å². The number of aliphatic hydroxyl groups excluding tert-OH is 1. The third-order valence-electron chi connectivity index (χ3n) is 5.63. The monoisotopic (exact) mass is 405 g/mol. The Labute approximate surface area is 169 Å². The summed E-state index contributed by atoms with van der Waals surface area (Å²) in [6.07, 6.45) is 6.61. The number of aromatic nitrogens is 1. The van der Waals surface area contributed by atoms with Crippen LogP contribution in [0, 0.1) is 12.8 Å². The molecule has 0 saturated carbocycles. The summed E-state index contributed by atoms with van der Waals surface area (Å²) in [6.45, 7) is 3.01. The lowest BCUT2D eigenvalue weighted by Gasteiger charge is -2.26. The van der Waals surface area contributed by atoms with Crippen molar-refractivity contribution in [3.63, 3.8) is 0 Å². The van der Waals surface area contributed by atoms with Gasteiger partial charge in [0.1, 0.15) is 11.6 Å². The normalized spacial score (nSPS) is 25.5. The van der Waals surface area contributed by atoms with Crippen LogP contribution in [0.3, 0.4) is 0 Å². The molecule has 3 atom stereocenters. The molecule has 0 bridgehead atoms. The number of benzene rings is 1. The lowest BCUT2D eigenvalue weighted by atomic mass is 9.98. The molecule has 1 aromatic heterocycles. The summed E-state index contributed by atoms with van der Waals surface area (Å²) >= 11 is 6.60. The Morgan fingerprint density at radius 3 is 2.93 bits per heavy atom. The summed E-state index contributed by atoms with van der Waals surface area (Å²) in [5.74, 6) is 0.109. The van der Waals surface area contributed by atoms with Gasteiger partial charge in [-0.3, -0.25) is 0 Å². The van der Waals surface area contributed by atoms with Crippen LogP contribution >= 0.6 is 11.6 Å². The number of nitrogens with zero attached hydrogens (tertiary/aromatic N) is 1. The van der Waals surface area contributed by atoms with E-state index in [0.717, 1.165) is 22.0 Å². The van der Waals surface area contributed by atoms with E-state index in [4.69, 9.17) is 21.1 Å². The molecule has 1 fully saturated rings. The maximum Gasteiger partial charge on any atom is 0.117 e. The summed E-state index contributed by atoms with van der Waals surface area (Å²) in [5.41, 5.74) is 2.96. The van der Waals surface area contributed by atoms with Crippen molar-refractivity contribution < 1.29 is 19.0 Å². The predicted octanol–water partition coefficient (Wildman–Crippen LogP) is 5.22. The van der Waals surface area contributed by atoms with Gasteiger partial charge in [-0.1, -0.05) is 11.6 Å². The van der Waals surface area contributed by atoms with E-state index in [9.17, 15) is 9.50 Å². The Hall–Kier alpha value is -1.82. The maximum absolute atomic E-state index is 14.6. The van der Waals surface area contributed by atoms with Crippen LogP contribution < -0.4 is 0 Å². The molecule has 1 aliphatic heterocycles. The fourth-order valence-corrected chi connectivity index (χ4v) is 4.55. The van der Waals surface area contributed by atoms with Gasteiger partial charge >= 0.3 is 0 Å². The van der Waals surface area contributed by atoms with Gasteiger partial charge in [0.25, 0.3) is 0 Å². The van der Waals surface area contributed by atoms with Crippen molar-refractivity contribution in [2.75, 3.05) is 13.7 Å². The van der Waals surface area contributed by atoms with Crippen molar-refractivity contribution in [1.82, 2.24) is 4.57 Å². The standard InChI is InChI=1S/C22H25ClFNO3/c1-13-7-17-18(21-9-15(26)5-6-28-21)12-25(22(17)19(23)8-13)11-14-3-4-16(27-2)10-20(14)24/h4,7-8,10,12,14-15,21,26H,3,5-6,9,11H2,1-2H3/t14?,15-,21+/m0/s1. The SMILES string of the molecule is COC1=CCC(Cn2cc([C@H]3C[C@@H](O)CCO3)c3cc(C)cc(Cl)c32)C(F)=C1. The molecule has 0 spiro atoms. The largest absolute Gasteiger partial charge is 0.497 e. The molecule has 1 aliphatic carbocycles. The van der Waals surface area contributed by atoms with Gasteiger partial charge in [0.2, 0.25) is 0 Å². The minimum atomic E-state index is -0.367. The van der Waals surface area contributed by atoms with E-state index in [-0.39, 0.29) is 24.0 Å². The topological polar surface area (TPSA) is 43.6 Å². The number of hydrogen-bond donors (Lipinski definition) is 1. The molecule has 4 rings (SSSR count). The molecule has 2 aromatic rings. The van der Waals surface area contributed by atoms with Crippen molar-refractivity contribution >= 4 is 22.5 Å². The van der Waals surface area contributed by atoms with E-state index in [1.165, 1.54) is 6.08 Å². The first-order valence-electron chi connectivity index (χ1n) is 9.66. The Morgan fingerprint density at radius 1 is 1.39 bits per heavy atom. The number of halogens is 2. The van der Waals surface area contributed by atoms with Gasteiger partial charge in [-0.2, -0.15) is 0 Å². The van der Waals surface area contributed by atoms with E-state index in [0.29, 0.717) is 43.2 Å². The van der Waals surface area contributed by atoms with Crippen LogP contribution in [-0.4, -0.2) is 29.5 Å². The molecule has 1 saturated heterocycles. The van der Waals surface area contributed by atoms with Crippen LogP contribution in [0.4, 0.5) is 4.39 Å². The van der Waals surface area contributed by atoms with Crippen molar-refractivity contribution in [1.29, 1.82) is 0 Å². The van der Waals surface area contributed by atoms with Crippen molar-refractivity contribution in [2.45, 2.75) is 44.9 Å². The van der Waals surface area contributed by atoms with Crippen molar-refractivity contribution in [2.24, 2.45) is 5.92 Å². The fraction of sp³-hybridized carbons (Fsp3) is 0.455. The van der Waals surface area contributed by atoms with Crippen LogP contribution in [0.15, 0.2) is 42.1 Å². The molecule has 1 aromatic carbocycles. The molecular weight excluding hydrogens is 381 g/mol.